The van der Waals surface area contributed by atoms with E-state index in [1.165, 1.54) is 17.2 Å². The van der Waals surface area contributed by atoms with Crippen molar-refractivity contribution in [2.75, 3.05) is 56.2 Å². The monoisotopic (exact) mass is 607 g/mol. The highest BCUT2D eigenvalue weighted by atomic mass is 19.4. The molecule has 13 heteroatoms. The number of halogens is 6. The van der Waals surface area contributed by atoms with Gasteiger partial charge in [-0.3, -0.25) is 4.79 Å². The average Bonchev–Trinajstić information content (AvgIpc) is 2.94. The number of ether oxygens (including phenoxy) is 1. The van der Waals surface area contributed by atoms with Crippen LogP contribution in [0.25, 0.3) is 22.3 Å². The number of pyridine rings is 1. The van der Waals surface area contributed by atoms with E-state index in [1.54, 1.807) is 6.07 Å². The minimum atomic E-state index is -5.30. The molecule has 43 heavy (non-hydrogen) atoms. The molecule has 230 valence electrons. The molecule has 2 N–H and O–H groups in total. The fourth-order valence-electron chi connectivity index (χ4n) is 5.69. The topological polar surface area (TPSA) is 74.9 Å². The fraction of sp³-hybridized carbons (Fsp3) is 0.400. The quantitative estimate of drug-likeness (QED) is 0.396. The number of anilines is 2. The van der Waals surface area contributed by atoms with Crippen LogP contribution in [-0.4, -0.2) is 74.3 Å². The lowest BCUT2D eigenvalue weighted by atomic mass is 9.89. The van der Waals surface area contributed by atoms with Crippen LogP contribution in [0.1, 0.15) is 29.8 Å². The Labute approximate surface area is 244 Å². The van der Waals surface area contributed by atoms with Gasteiger partial charge in [0.2, 0.25) is 5.91 Å². The summed E-state index contributed by atoms with van der Waals surface area (Å²) < 4.78 is 97.1. The second-order valence-electron chi connectivity index (χ2n) is 11.0. The van der Waals surface area contributed by atoms with Gasteiger partial charge in [-0.25, -0.2) is 18.2 Å². The zero-order valence-electron chi connectivity index (χ0n) is 23.8. The van der Waals surface area contributed by atoms with Crippen LogP contribution in [0.5, 0.6) is 0 Å². The van der Waals surface area contributed by atoms with Gasteiger partial charge in [0.15, 0.2) is 0 Å². The van der Waals surface area contributed by atoms with E-state index in [0.717, 1.165) is 6.07 Å². The minimum absolute atomic E-state index is 0.0496. The van der Waals surface area contributed by atoms with Crippen molar-refractivity contribution >= 4 is 17.4 Å². The molecule has 0 bridgehead atoms. The normalized spacial score (nSPS) is 20.0. The number of nitrogens with zero attached hydrogens (tertiary/aromatic N) is 4. The Kier molecular flexibility index (Phi) is 8.32. The number of alkyl halides is 3. The molecule has 2 aliphatic heterocycles. The van der Waals surface area contributed by atoms with Gasteiger partial charge in [0.05, 0.1) is 35.1 Å². The summed E-state index contributed by atoms with van der Waals surface area (Å²) in [6, 6.07) is 4.99. The van der Waals surface area contributed by atoms with Gasteiger partial charge < -0.3 is 25.2 Å². The third-order valence-electron chi connectivity index (χ3n) is 8.05. The second kappa shape index (κ2) is 11.7. The Morgan fingerprint density at radius 2 is 1.70 bits per heavy atom. The number of piperazine rings is 1. The molecule has 1 amide bonds. The Bertz CT molecular complexity index is 1530. The van der Waals surface area contributed by atoms with Crippen molar-refractivity contribution in [2.45, 2.75) is 32.2 Å². The highest BCUT2D eigenvalue weighted by molar-refractivity contribution is 5.98. The number of benzene rings is 2. The zero-order chi connectivity index (χ0) is 31.2. The molecule has 3 aromatic rings. The predicted molar refractivity (Wildman–Crippen MR) is 150 cm³/mol. The van der Waals surface area contributed by atoms with Gasteiger partial charge in [0, 0.05) is 61.7 Å². The average molecular weight is 608 g/mol. The maximum atomic E-state index is 16.7. The van der Waals surface area contributed by atoms with E-state index in [4.69, 9.17) is 10.5 Å². The van der Waals surface area contributed by atoms with Crippen LogP contribution in [0, 0.1) is 17.5 Å². The Morgan fingerprint density at radius 3 is 2.30 bits per heavy atom. The van der Waals surface area contributed by atoms with Crippen molar-refractivity contribution in [3.63, 3.8) is 0 Å². The van der Waals surface area contributed by atoms with Crippen LogP contribution in [0.15, 0.2) is 36.5 Å². The van der Waals surface area contributed by atoms with Gasteiger partial charge in [0.25, 0.3) is 0 Å². The number of hydrogen-bond acceptors (Lipinski definition) is 6. The van der Waals surface area contributed by atoms with E-state index in [2.05, 4.69) is 4.98 Å². The number of rotatable bonds is 5. The van der Waals surface area contributed by atoms with E-state index in [1.807, 2.05) is 30.7 Å². The SMILES string of the molecule is CC1CN(c2ccc(-c3c(F)cc(N4CCN(C)C(C)C4)c(-c4c(F)ccc(C(N)=O)c4C(F)(F)F)c3F)cn2)CCO1. The smallest absolute Gasteiger partial charge is 0.375 e. The molecule has 2 aliphatic rings. The van der Waals surface area contributed by atoms with Crippen molar-refractivity contribution < 1.29 is 35.9 Å². The molecule has 0 radical (unpaired) electrons. The third kappa shape index (κ3) is 5.87. The largest absolute Gasteiger partial charge is 0.417 e. The number of aromatic nitrogens is 1. The van der Waals surface area contributed by atoms with E-state index >= 15 is 13.2 Å². The number of primary amides is 1. The number of amides is 1. The van der Waals surface area contributed by atoms with Gasteiger partial charge in [-0.15, -0.1) is 0 Å². The molecule has 5 rings (SSSR count). The lowest BCUT2D eigenvalue weighted by molar-refractivity contribution is -0.137. The lowest BCUT2D eigenvalue weighted by Gasteiger charge is -2.40. The first-order chi connectivity index (χ1) is 20.3. The predicted octanol–water partition coefficient (Wildman–Crippen LogP) is 5.32. The molecule has 0 aliphatic carbocycles. The summed E-state index contributed by atoms with van der Waals surface area (Å²) in [6.45, 7) is 6.17. The van der Waals surface area contributed by atoms with Gasteiger partial charge >= 0.3 is 6.18 Å². The Balaban J connectivity index is 1.74. The van der Waals surface area contributed by atoms with E-state index in [9.17, 15) is 18.0 Å². The van der Waals surface area contributed by atoms with Crippen LogP contribution in [0.4, 0.5) is 37.8 Å². The molecule has 7 nitrogen and oxygen atoms in total. The van der Waals surface area contributed by atoms with Crippen molar-refractivity contribution in [3.8, 4) is 22.3 Å². The summed E-state index contributed by atoms with van der Waals surface area (Å²) in [5, 5.41) is 0. The van der Waals surface area contributed by atoms with Crippen LogP contribution >= 0.6 is 0 Å². The molecule has 0 spiro atoms. The minimum Gasteiger partial charge on any atom is -0.375 e. The number of nitrogens with two attached hydrogens (primary N) is 1. The summed E-state index contributed by atoms with van der Waals surface area (Å²) in [5.74, 6) is -4.85. The lowest BCUT2D eigenvalue weighted by Crippen LogP contribution is -2.50. The van der Waals surface area contributed by atoms with Gasteiger partial charge in [0.1, 0.15) is 23.3 Å². The number of likely N-dealkylation sites (N-methyl/N-ethyl adjacent to an activating group) is 1. The number of hydrogen-bond donors (Lipinski definition) is 1. The van der Waals surface area contributed by atoms with E-state index < -0.39 is 57.4 Å². The standard InChI is InChI=1S/C30H31F6N5O2/c1-16-14-40(9-8-39(16)3)22-12-21(32)24(18-4-7-23(38-13-18)41-10-11-43-17(2)15-41)28(33)26(22)25-20(31)6-5-19(29(37)42)27(25)30(34,35)36/h4-7,12-13,16-17H,8-11,14-15H2,1-3H3,(H2,37,42). The van der Waals surface area contributed by atoms with Crippen LogP contribution in [0.2, 0.25) is 0 Å². The third-order valence-corrected chi connectivity index (χ3v) is 8.05. The number of carbonyl (C=O) groups excluding carboxylic acids is 1. The van der Waals surface area contributed by atoms with Crippen molar-refractivity contribution in [1.29, 1.82) is 0 Å². The van der Waals surface area contributed by atoms with Crippen molar-refractivity contribution in [3.05, 3.63) is 65.1 Å². The molecule has 1 aromatic heterocycles. The summed E-state index contributed by atoms with van der Waals surface area (Å²) in [7, 11) is 1.85. The molecule has 2 unspecified atom stereocenters. The molecular formula is C30H31F6N5O2. The van der Waals surface area contributed by atoms with Gasteiger partial charge in [-0.2, -0.15) is 13.2 Å². The van der Waals surface area contributed by atoms with Gasteiger partial charge in [-0.05, 0) is 51.2 Å². The van der Waals surface area contributed by atoms with E-state index in [0.29, 0.717) is 44.2 Å². The Morgan fingerprint density at radius 1 is 0.953 bits per heavy atom. The summed E-state index contributed by atoms with van der Waals surface area (Å²) in [5.41, 5.74) is -0.540. The highest BCUT2D eigenvalue weighted by Crippen LogP contribution is 2.47. The fourth-order valence-corrected chi connectivity index (χ4v) is 5.69. The summed E-state index contributed by atoms with van der Waals surface area (Å²) >= 11 is 0. The summed E-state index contributed by atoms with van der Waals surface area (Å²) in [4.78, 5) is 21.8. The van der Waals surface area contributed by atoms with E-state index in [-0.39, 0.29) is 36.5 Å². The number of morpholine rings is 1. The molecule has 3 heterocycles. The first kappa shape index (κ1) is 30.6. The molecular weight excluding hydrogens is 576 g/mol. The van der Waals surface area contributed by atoms with Crippen LogP contribution in [-0.2, 0) is 10.9 Å². The maximum Gasteiger partial charge on any atom is 0.417 e. The van der Waals surface area contributed by atoms with Gasteiger partial charge in [-0.1, -0.05) is 0 Å². The number of carbonyl (C=O) groups is 1. The molecule has 2 saturated heterocycles. The first-order valence-electron chi connectivity index (χ1n) is 13.8. The molecule has 2 fully saturated rings. The highest BCUT2D eigenvalue weighted by Gasteiger charge is 2.42. The molecule has 0 saturated carbocycles. The first-order valence-corrected chi connectivity index (χ1v) is 13.8. The maximum absolute atomic E-state index is 16.7. The summed E-state index contributed by atoms with van der Waals surface area (Å²) in [6.07, 6.45) is -4.13. The van der Waals surface area contributed by atoms with Crippen molar-refractivity contribution in [2.24, 2.45) is 5.73 Å². The van der Waals surface area contributed by atoms with Crippen LogP contribution in [0.3, 0.4) is 0 Å². The molecule has 2 aromatic carbocycles. The van der Waals surface area contributed by atoms with Crippen molar-refractivity contribution in [1.82, 2.24) is 9.88 Å². The zero-order valence-corrected chi connectivity index (χ0v) is 23.8. The Hall–Kier alpha value is -3.84. The molecule has 2 atom stereocenters. The van der Waals surface area contributed by atoms with Crippen LogP contribution < -0.4 is 15.5 Å². The second-order valence-corrected chi connectivity index (χ2v) is 11.0.